The van der Waals surface area contributed by atoms with Crippen molar-refractivity contribution in [3.63, 3.8) is 0 Å². The number of piperazine rings is 1. The van der Waals surface area contributed by atoms with E-state index in [9.17, 15) is 19.1 Å². The second-order valence-corrected chi connectivity index (χ2v) is 12.6. The molecule has 268 valence electrons. The highest BCUT2D eigenvalue weighted by Gasteiger charge is 2.29. The lowest BCUT2D eigenvalue weighted by Gasteiger charge is -2.35. The number of nitrogens with two attached hydrogens (primary N) is 2. The van der Waals surface area contributed by atoms with Gasteiger partial charge < -0.3 is 40.3 Å². The van der Waals surface area contributed by atoms with Crippen molar-refractivity contribution in [2.75, 3.05) is 57.8 Å². The maximum atomic E-state index is 16.7. The number of benzene rings is 2. The van der Waals surface area contributed by atoms with Crippen molar-refractivity contribution in [2.24, 2.45) is 11.6 Å². The van der Waals surface area contributed by atoms with Gasteiger partial charge in [0.15, 0.2) is 17.4 Å². The van der Waals surface area contributed by atoms with Crippen LogP contribution >= 0.6 is 0 Å². The molecule has 0 atom stereocenters. The second-order valence-electron chi connectivity index (χ2n) is 12.6. The molecule has 2 amide bonds. The maximum Gasteiger partial charge on any atom is 0.270 e. The van der Waals surface area contributed by atoms with E-state index in [-0.39, 0.29) is 49.1 Å². The Morgan fingerprint density at radius 1 is 1.08 bits per heavy atom. The molecule has 4 aromatic rings. The molecule has 51 heavy (non-hydrogen) atoms. The average Bonchev–Trinajstić information content (AvgIpc) is 3.60. The minimum absolute atomic E-state index is 0.115. The van der Waals surface area contributed by atoms with Gasteiger partial charge in [0.25, 0.3) is 5.91 Å². The summed E-state index contributed by atoms with van der Waals surface area (Å²) >= 11 is 0. The van der Waals surface area contributed by atoms with Crippen molar-refractivity contribution in [1.82, 2.24) is 24.8 Å². The van der Waals surface area contributed by atoms with Crippen LogP contribution in [0.25, 0.3) is 27.6 Å². The number of amides is 2. The number of aromatic nitrogens is 2. The van der Waals surface area contributed by atoms with Crippen molar-refractivity contribution >= 4 is 34.1 Å². The van der Waals surface area contributed by atoms with E-state index in [1.807, 2.05) is 36.1 Å². The van der Waals surface area contributed by atoms with Gasteiger partial charge >= 0.3 is 0 Å². The number of hydrogen-bond acceptors (Lipinski definition) is 9. The SMILES string of the molecule is COc1cc(F)cnc1N1CCN(C(=O)c2cc3c(-c4cccc(CO)c4C)cc(C4=CCCN(C(=O)CCN(N)/C=C\N)C4)c(F)c3[nH]2)CC1. The quantitative estimate of drug-likeness (QED) is 0.142. The summed E-state index contributed by atoms with van der Waals surface area (Å²) < 4.78 is 35.7. The highest BCUT2D eigenvalue weighted by atomic mass is 19.1. The Balaban J connectivity index is 1.32. The van der Waals surface area contributed by atoms with Gasteiger partial charge in [0.2, 0.25) is 5.91 Å². The fourth-order valence-electron chi connectivity index (χ4n) is 6.79. The number of aliphatic hydroxyl groups excluding tert-OH is 1. The van der Waals surface area contributed by atoms with E-state index in [2.05, 4.69) is 9.97 Å². The van der Waals surface area contributed by atoms with Crippen LogP contribution in [0.15, 0.2) is 61.1 Å². The van der Waals surface area contributed by atoms with Gasteiger partial charge in [-0.15, -0.1) is 0 Å². The summed E-state index contributed by atoms with van der Waals surface area (Å²) in [6, 6.07) is 10.3. The number of hydrazine groups is 1. The number of methoxy groups -OCH3 is 1. The topological polar surface area (TPSA) is 157 Å². The standard InChI is InChI=1S/C37H42F2N8O4/c1-23-25(22-48)5-3-7-27(23)29-18-28(24-6-4-10-46(21-24)33(49)8-11-47(41)12-9-40)34(39)35-30(29)19-31(43-35)37(50)45-15-13-44(14-16-45)36-32(51-2)17-26(38)20-42-36/h3,5-7,9,12,17-20,43,48H,4,8,10-11,13-16,21-22,40-41H2,1-2H3/b12-9-. The number of fused-ring (bicyclic) bond motifs is 1. The van der Waals surface area contributed by atoms with Crippen LogP contribution in [0.4, 0.5) is 14.6 Å². The number of halogens is 2. The van der Waals surface area contributed by atoms with Crippen LogP contribution in [-0.2, 0) is 11.4 Å². The highest BCUT2D eigenvalue weighted by Crippen LogP contribution is 2.39. The molecule has 0 bridgehead atoms. The number of carbonyl (C=O) groups excluding carboxylic acids is 2. The fraction of sp³-hybridized carbons (Fsp3) is 0.324. The van der Waals surface area contributed by atoms with Gasteiger partial charge in [-0.05, 0) is 53.3 Å². The molecule has 2 aliphatic rings. The first-order valence-corrected chi connectivity index (χ1v) is 16.8. The highest BCUT2D eigenvalue weighted by molar-refractivity contribution is 6.05. The van der Waals surface area contributed by atoms with Crippen molar-refractivity contribution in [2.45, 2.75) is 26.4 Å². The molecule has 14 heteroatoms. The lowest BCUT2D eigenvalue weighted by atomic mass is 9.90. The molecule has 1 saturated heterocycles. The van der Waals surface area contributed by atoms with Crippen molar-refractivity contribution in [3.8, 4) is 16.9 Å². The second kappa shape index (κ2) is 15.2. The molecule has 0 spiro atoms. The number of aliphatic hydroxyl groups is 1. The summed E-state index contributed by atoms with van der Waals surface area (Å²) in [5, 5.41) is 11.9. The molecule has 12 nitrogen and oxygen atoms in total. The van der Waals surface area contributed by atoms with Crippen LogP contribution in [0.3, 0.4) is 0 Å². The Morgan fingerprint density at radius 3 is 2.59 bits per heavy atom. The lowest BCUT2D eigenvalue weighted by molar-refractivity contribution is -0.130. The summed E-state index contributed by atoms with van der Waals surface area (Å²) in [6.07, 6.45) is 6.56. The first-order valence-electron chi connectivity index (χ1n) is 16.8. The third kappa shape index (κ3) is 7.23. The third-order valence-corrected chi connectivity index (χ3v) is 9.59. The molecular weight excluding hydrogens is 658 g/mol. The molecule has 2 aliphatic heterocycles. The van der Waals surface area contributed by atoms with Crippen molar-refractivity contribution < 1.29 is 28.2 Å². The Kier molecular flexibility index (Phi) is 10.5. The number of nitrogens with one attached hydrogen (secondary N) is 1. The number of rotatable bonds is 10. The van der Waals surface area contributed by atoms with Crippen LogP contribution in [0.5, 0.6) is 5.75 Å². The predicted octanol–water partition coefficient (Wildman–Crippen LogP) is 3.89. The Bertz CT molecular complexity index is 2000. The zero-order valence-electron chi connectivity index (χ0n) is 28.7. The van der Waals surface area contributed by atoms with Crippen LogP contribution in [0.2, 0.25) is 0 Å². The van der Waals surface area contributed by atoms with E-state index in [1.165, 1.54) is 30.6 Å². The maximum absolute atomic E-state index is 16.7. The van der Waals surface area contributed by atoms with Gasteiger partial charge in [0.1, 0.15) is 11.5 Å². The number of pyridine rings is 1. The molecule has 6 rings (SSSR count). The van der Waals surface area contributed by atoms with Crippen molar-refractivity contribution in [3.05, 3.63) is 95.1 Å². The minimum atomic E-state index is -0.523. The third-order valence-electron chi connectivity index (χ3n) is 9.59. The van der Waals surface area contributed by atoms with E-state index in [1.54, 1.807) is 21.9 Å². The van der Waals surface area contributed by atoms with Crippen LogP contribution in [-0.4, -0.2) is 94.6 Å². The number of carbonyl (C=O) groups is 2. The van der Waals surface area contributed by atoms with Crippen molar-refractivity contribution in [1.29, 1.82) is 0 Å². The molecular formula is C37H42F2N8O4. The number of ether oxygens (including phenoxy) is 1. The average molecular weight is 701 g/mol. The summed E-state index contributed by atoms with van der Waals surface area (Å²) in [5.74, 6) is 5.23. The van der Waals surface area contributed by atoms with E-state index in [4.69, 9.17) is 16.3 Å². The van der Waals surface area contributed by atoms with Crippen LogP contribution < -0.4 is 21.2 Å². The van der Waals surface area contributed by atoms with Gasteiger partial charge in [-0.3, -0.25) is 9.59 Å². The number of anilines is 1. The smallest absolute Gasteiger partial charge is 0.270 e. The first-order chi connectivity index (χ1) is 24.6. The Hall–Kier alpha value is -5.47. The number of nitrogens with zero attached hydrogens (tertiary/aromatic N) is 5. The van der Waals surface area contributed by atoms with Gasteiger partial charge in [-0.1, -0.05) is 24.3 Å². The molecule has 0 aliphatic carbocycles. The Labute approximate surface area is 294 Å². The predicted molar refractivity (Wildman–Crippen MR) is 191 cm³/mol. The van der Waals surface area contributed by atoms with E-state index in [0.29, 0.717) is 72.8 Å². The summed E-state index contributed by atoms with van der Waals surface area (Å²) in [6.45, 7) is 4.31. The molecule has 0 unspecified atom stereocenters. The van der Waals surface area contributed by atoms with Crippen LogP contribution in [0.1, 0.15) is 40.0 Å². The largest absolute Gasteiger partial charge is 0.493 e. The zero-order valence-corrected chi connectivity index (χ0v) is 28.7. The molecule has 0 radical (unpaired) electrons. The van der Waals surface area contributed by atoms with Gasteiger partial charge in [0, 0.05) is 81.7 Å². The normalized spacial score (nSPS) is 15.1. The lowest BCUT2D eigenvalue weighted by Crippen LogP contribution is -2.49. The van der Waals surface area contributed by atoms with E-state index in [0.717, 1.165) is 22.9 Å². The first kappa shape index (κ1) is 35.4. The molecule has 2 aromatic heterocycles. The molecule has 6 N–H and O–H groups in total. The molecule has 1 fully saturated rings. The minimum Gasteiger partial charge on any atom is -0.493 e. The van der Waals surface area contributed by atoms with E-state index < -0.39 is 11.6 Å². The summed E-state index contributed by atoms with van der Waals surface area (Å²) in [4.78, 5) is 39.7. The molecule has 2 aromatic carbocycles. The van der Waals surface area contributed by atoms with E-state index >= 15 is 4.39 Å². The van der Waals surface area contributed by atoms with Gasteiger partial charge in [-0.25, -0.2) is 19.6 Å². The monoisotopic (exact) mass is 700 g/mol. The Morgan fingerprint density at radius 2 is 1.86 bits per heavy atom. The molecule has 0 saturated carbocycles. The molecule has 4 heterocycles. The summed E-state index contributed by atoms with van der Waals surface area (Å²) in [7, 11) is 1.45. The van der Waals surface area contributed by atoms with Gasteiger partial charge in [0.05, 0.1) is 25.4 Å². The number of hydrogen-bond donors (Lipinski definition) is 4. The van der Waals surface area contributed by atoms with Crippen LogP contribution in [0, 0.1) is 18.6 Å². The van der Waals surface area contributed by atoms with Gasteiger partial charge in [-0.2, -0.15) is 0 Å². The number of H-pyrrole nitrogens is 1. The number of aromatic amines is 1. The zero-order chi connectivity index (χ0) is 36.2. The fourth-order valence-corrected chi connectivity index (χ4v) is 6.79. The summed E-state index contributed by atoms with van der Waals surface area (Å²) in [5.41, 5.74) is 9.84.